The Bertz CT molecular complexity index is 300. The SMILES string of the molecule is CCC(C)CNS(=O)(=O)CCN1CCNCC1. The molecule has 0 radical (unpaired) electrons. The van der Waals surface area contributed by atoms with Gasteiger partial charge >= 0.3 is 0 Å². The van der Waals surface area contributed by atoms with Gasteiger partial charge in [-0.05, 0) is 5.92 Å². The van der Waals surface area contributed by atoms with Crippen molar-refractivity contribution in [2.45, 2.75) is 20.3 Å². The molecule has 0 aromatic carbocycles. The monoisotopic (exact) mass is 263 g/mol. The van der Waals surface area contributed by atoms with Crippen LogP contribution in [0.2, 0.25) is 0 Å². The second kappa shape index (κ2) is 7.31. The van der Waals surface area contributed by atoms with Gasteiger partial charge < -0.3 is 5.32 Å². The highest BCUT2D eigenvalue weighted by Crippen LogP contribution is 1.99. The molecular formula is C11H25N3O2S. The predicted molar refractivity (Wildman–Crippen MR) is 70.6 cm³/mol. The van der Waals surface area contributed by atoms with E-state index in [-0.39, 0.29) is 5.75 Å². The highest BCUT2D eigenvalue weighted by molar-refractivity contribution is 7.89. The molecule has 2 N–H and O–H groups in total. The van der Waals surface area contributed by atoms with Crippen molar-refractivity contribution in [2.75, 3.05) is 45.0 Å². The fourth-order valence-electron chi connectivity index (χ4n) is 1.67. The summed E-state index contributed by atoms with van der Waals surface area (Å²) in [7, 11) is -3.10. The largest absolute Gasteiger partial charge is 0.314 e. The van der Waals surface area contributed by atoms with Crippen LogP contribution in [0.1, 0.15) is 20.3 Å². The van der Waals surface area contributed by atoms with E-state index in [0.29, 0.717) is 19.0 Å². The van der Waals surface area contributed by atoms with Gasteiger partial charge in [-0.2, -0.15) is 0 Å². The summed E-state index contributed by atoms with van der Waals surface area (Å²) in [6, 6.07) is 0. The minimum absolute atomic E-state index is 0.212. The minimum atomic E-state index is -3.10. The zero-order valence-electron chi connectivity index (χ0n) is 10.9. The summed E-state index contributed by atoms with van der Waals surface area (Å²) < 4.78 is 26.2. The Kier molecular flexibility index (Phi) is 6.40. The van der Waals surface area contributed by atoms with E-state index >= 15 is 0 Å². The predicted octanol–water partition coefficient (Wildman–Crippen LogP) is -0.143. The molecule has 0 aromatic heterocycles. The maximum Gasteiger partial charge on any atom is 0.212 e. The van der Waals surface area contributed by atoms with Crippen LogP contribution in [0, 0.1) is 5.92 Å². The highest BCUT2D eigenvalue weighted by Gasteiger charge is 2.15. The summed E-state index contributed by atoms with van der Waals surface area (Å²) in [5, 5.41) is 3.25. The normalized spacial score (nSPS) is 20.4. The van der Waals surface area contributed by atoms with Gasteiger partial charge in [0.2, 0.25) is 10.0 Å². The van der Waals surface area contributed by atoms with Crippen molar-refractivity contribution in [3.63, 3.8) is 0 Å². The van der Waals surface area contributed by atoms with E-state index in [9.17, 15) is 8.42 Å². The first kappa shape index (κ1) is 14.9. The molecule has 1 saturated heterocycles. The van der Waals surface area contributed by atoms with E-state index < -0.39 is 10.0 Å². The Labute approximate surface area is 105 Å². The van der Waals surface area contributed by atoms with Gasteiger partial charge in [-0.3, -0.25) is 4.90 Å². The summed E-state index contributed by atoms with van der Waals surface area (Å²) in [6.45, 7) is 9.12. The molecule has 0 saturated carbocycles. The maximum atomic E-state index is 11.7. The second-order valence-electron chi connectivity index (χ2n) is 4.77. The van der Waals surface area contributed by atoms with Crippen molar-refractivity contribution in [3.05, 3.63) is 0 Å². The van der Waals surface area contributed by atoms with Crippen molar-refractivity contribution < 1.29 is 8.42 Å². The molecule has 1 aliphatic heterocycles. The smallest absolute Gasteiger partial charge is 0.212 e. The van der Waals surface area contributed by atoms with Gasteiger partial charge in [-0.15, -0.1) is 0 Å². The molecule has 102 valence electrons. The lowest BCUT2D eigenvalue weighted by molar-refractivity contribution is 0.253. The van der Waals surface area contributed by atoms with E-state index in [0.717, 1.165) is 32.6 Å². The molecule has 0 aromatic rings. The molecule has 0 amide bonds. The molecule has 17 heavy (non-hydrogen) atoms. The molecule has 1 heterocycles. The van der Waals surface area contributed by atoms with E-state index in [4.69, 9.17) is 0 Å². The first-order valence-corrected chi connectivity index (χ1v) is 8.09. The number of nitrogens with one attached hydrogen (secondary N) is 2. The van der Waals surface area contributed by atoms with Crippen molar-refractivity contribution in [2.24, 2.45) is 5.92 Å². The van der Waals surface area contributed by atoms with Crippen molar-refractivity contribution in [1.82, 2.24) is 14.9 Å². The standard InChI is InChI=1S/C11H25N3O2S/c1-3-11(2)10-13-17(15,16)9-8-14-6-4-12-5-7-14/h11-13H,3-10H2,1-2H3. The van der Waals surface area contributed by atoms with E-state index in [1.807, 2.05) is 0 Å². The lowest BCUT2D eigenvalue weighted by Crippen LogP contribution is -2.46. The zero-order chi connectivity index (χ0) is 12.7. The lowest BCUT2D eigenvalue weighted by atomic mass is 10.1. The van der Waals surface area contributed by atoms with Crippen molar-refractivity contribution in [3.8, 4) is 0 Å². The Hall–Kier alpha value is -0.170. The van der Waals surface area contributed by atoms with Gasteiger partial charge in [-0.25, -0.2) is 13.1 Å². The molecule has 1 unspecified atom stereocenters. The van der Waals surface area contributed by atoms with Crippen molar-refractivity contribution >= 4 is 10.0 Å². The Morgan fingerprint density at radius 3 is 2.59 bits per heavy atom. The molecule has 5 nitrogen and oxygen atoms in total. The molecule has 0 spiro atoms. The van der Waals surface area contributed by atoms with Crippen LogP contribution in [0.25, 0.3) is 0 Å². The summed E-state index contributed by atoms with van der Waals surface area (Å²) in [5.41, 5.74) is 0. The van der Waals surface area contributed by atoms with Gasteiger partial charge in [0.1, 0.15) is 0 Å². The third-order valence-electron chi connectivity index (χ3n) is 3.23. The Morgan fingerprint density at radius 2 is 2.00 bits per heavy atom. The summed E-state index contributed by atoms with van der Waals surface area (Å²) in [5.74, 6) is 0.618. The number of hydrogen-bond donors (Lipinski definition) is 2. The molecule has 1 aliphatic rings. The van der Waals surface area contributed by atoms with Gasteiger partial charge in [0, 0.05) is 39.3 Å². The van der Waals surface area contributed by atoms with Gasteiger partial charge in [0.05, 0.1) is 5.75 Å². The average Bonchev–Trinajstić information content (AvgIpc) is 2.35. The summed E-state index contributed by atoms with van der Waals surface area (Å²) in [4.78, 5) is 2.19. The van der Waals surface area contributed by atoms with Crippen LogP contribution < -0.4 is 10.0 Å². The fraction of sp³-hybridized carbons (Fsp3) is 1.00. The van der Waals surface area contributed by atoms with E-state index in [2.05, 4.69) is 28.8 Å². The first-order chi connectivity index (χ1) is 8.03. The average molecular weight is 263 g/mol. The van der Waals surface area contributed by atoms with Crippen LogP contribution in [0.15, 0.2) is 0 Å². The highest BCUT2D eigenvalue weighted by atomic mass is 32.2. The van der Waals surface area contributed by atoms with Crippen LogP contribution in [0.3, 0.4) is 0 Å². The molecule has 0 bridgehead atoms. The molecular weight excluding hydrogens is 238 g/mol. The number of piperazine rings is 1. The van der Waals surface area contributed by atoms with E-state index in [1.165, 1.54) is 0 Å². The second-order valence-corrected chi connectivity index (χ2v) is 6.70. The molecule has 1 atom stereocenters. The van der Waals surface area contributed by atoms with Gasteiger partial charge in [0.25, 0.3) is 0 Å². The molecule has 1 rings (SSSR count). The minimum Gasteiger partial charge on any atom is -0.314 e. The van der Waals surface area contributed by atoms with Crippen LogP contribution >= 0.6 is 0 Å². The lowest BCUT2D eigenvalue weighted by Gasteiger charge is -2.26. The number of nitrogens with zero attached hydrogens (tertiary/aromatic N) is 1. The fourth-order valence-corrected chi connectivity index (χ4v) is 2.85. The summed E-state index contributed by atoms with van der Waals surface area (Å²) >= 11 is 0. The maximum absolute atomic E-state index is 11.7. The van der Waals surface area contributed by atoms with Crippen LogP contribution in [-0.2, 0) is 10.0 Å². The summed E-state index contributed by atoms with van der Waals surface area (Å²) in [6.07, 6.45) is 1.00. The molecule has 6 heteroatoms. The third-order valence-corrected chi connectivity index (χ3v) is 4.56. The molecule has 0 aliphatic carbocycles. The Morgan fingerprint density at radius 1 is 1.35 bits per heavy atom. The first-order valence-electron chi connectivity index (χ1n) is 6.44. The van der Waals surface area contributed by atoms with Crippen LogP contribution in [0.4, 0.5) is 0 Å². The zero-order valence-corrected chi connectivity index (χ0v) is 11.7. The number of rotatable bonds is 7. The van der Waals surface area contributed by atoms with Gasteiger partial charge in [-0.1, -0.05) is 20.3 Å². The third kappa shape index (κ3) is 6.35. The van der Waals surface area contributed by atoms with Gasteiger partial charge in [0.15, 0.2) is 0 Å². The number of hydrogen-bond acceptors (Lipinski definition) is 4. The van der Waals surface area contributed by atoms with Crippen LogP contribution in [-0.4, -0.2) is 58.3 Å². The quantitative estimate of drug-likeness (QED) is 0.671. The van der Waals surface area contributed by atoms with Crippen molar-refractivity contribution in [1.29, 1.82) is 0 Å². The number of sulfonamides is 1. The molecule has 1 fully saturated rings. The van der Waals surface area contributed by atoms with E-state index in [1.54, 1.807) is 0 Å². The Balaban J connectivity index is 2.23. The topological polar surface area (TPSA) is 61.4 Å². The van der Waals surface area contributed by atoms with Crippen LogP contribution in [0.5, 0.6) is 0 Å².